The summed E-state index contributed by atoms with van der Waals surface area (Å²) in [6, 6.07) is 6.10. The second-order valence-electron chi connectivity index (χ2n) is 6.49. The van der Waals surface area contributed by atoms with Crippen LogP contribution in [0.1, 0.15) is 49.6 Å². The lowest BCUT2D eigenvalue weighted by atomic mass is 10.0. The molecule has 1 atom stereocenters. The van der Waals surface area contributed by atoms with E-state index in [4.69, 9.17) is 28.9 Å². The van der Waals surface area contributed by atoms with Crippen molar-refractivity contribution in [3.05, 3.63) is 57.6 Å². The molecule has 6 heteroatoms. The van der Waals surface area contributed by atoms with Crippen molar-refractivity contribution in [2.24, 2.45) is 5.73 Å². The van der Waals surface area contributed by atoms with Crippen molar-refractivity contribution in [1.82, 2.24) is 15.3 Å². The summed E-state index contributed by atoms with van der Waals surface area (Å²) in [7, 11) is 0. The molecule has 4 nitrogen and oxygen atoms in total. The topological polar surface area (TPSA) is 63.8 Å². The molecule has 2 aromatic rings. The highest BCUT2D eigenvalue weighted by Gasteiger charge is 2.15. The number of hydrogen-bond acceptors (Lipinski definition) is 4. The van der Waals surface area contributed by atoms with Gasteiger partial charge in [-0.1, -0.05) is 43.1 Å². The summed E-state index contributed by atoms with van der Waals surface area (Å²) in [6.45, 7) is 5.75. The van der Waals surface area contributed by atoms with Crippen LogP contribution in [0.3, 0.4) is 0 Å². The smallest absolute Gasteiger partial charge is 0.0636 e. The molecule has 2 heterocycles. The number of aromatic nitrogens is 2. The summed E-state index contributed by atoms with van der Waals surface area (Å²) in [4.78, 5) is 8.92. The maximum Gasteiger partial charge on any atom is 0.0636 e. The fraction of sp³-hybridized carbons (Fsp3) is 0.474. The Morgan fingerprint density at radius 2 is 2.00 bits per heavy atom. The minimum absolute atomic E-state index is 0.233. The van der Waals surface area contributed by atoms with Gasteiger partial charge in [0.15, 0.2) is 0 Å². The van der Waals surface area contributed by atoms with Crippen LogP contribution < -0.4 is 11.1 Å². The standard InChI is InChI=1S/C19H26Cl2N4/c1-13(2)16-6-4-8-23-19(16)12-24-15(5-3-7-22)10-18-17(21)9-14(20)11-25-18/h4,6,8-9,11,13,15,24H,3,5,7,10,12,22H2,1-2H3. The van der Waals surface area contributed by atoms with E-state index in [1.54, 1.807) is 12.3 Å². The fourth-order valence-electron chi connectivity index (χ4n) is 2.83. The molecular weight excluding hydrogens is 355 g/mol. The van der Waals surface area contributed by atoms with Crippen molar-refractivity contribution in [3.63, 3.8) is 0 Å². The molecule has 0 aliphatic heterocycles. The van der Waals surface area contributed by atoms with Crippen molar-refractivity contribution < 1.29 is 0 Å². The molecule has 0 aromatic carbocycles. The van der Waals surface area contributed by atoms with Crippen molar-refractivity contribution in [3.8, 4) is 0 Å². The largest absolute Gasteiger partial charge is 0.330 e. The highest BCUT2D eigenvalue weighted by atomic mass is 35.5. The molecule has 0 fully saturated rings. The van der Waals surface area contributed by atoms with E-state index in [1.165, 1.54) is 5.56 Å². The molecule has 0 aliphatic rings. The SMILES string of the molecule is CC(C)c1cccnc1CNC(CCCN)Cc1ncc(Cl)cc1Cl. The Kier molecular flexibility index (Phi) is 8.10. The second-order valence-corrected chi connectivity index (χ2v) is 7.33. The van der Waals surface area contributed by atoms with E-state index >= 15 is 0 Å². The summed E-state index contributed by atoms with van der Waals surface area (Å²) in [6.07, 6.45) is 6.12. The number of hydrogen-bond donors (Lipinski definition) is 2. The maximum absolute atomic E-state index is 6.28. The number of rotatable bonds is 9. The molecule has 0 saturated heterocycles. The minimum atomic E-state index is 0.233. The Morgan fingerprint density at radius 3 is 2.68 bits per heavy atom. The monoisotopic (exact) mass is 380 g/mol. The van der Waals surface area contributed by atoms with Gasteiger partial charge in [0.05, 0.1) is 21.4 Å². The van der Waals surface area contributed by atoms with Crippen LogP contribution in [0, 0.1) is 0 Å². The Bertz CT molecular complexity index is 676. The first-order valence-electron chi connectivity index (χ1n) is 8.68. The molecule has 0 saturated carbocycles. The molecule has 2 aromatic heterocycles. The van der Waals surface area contributed by atoms with Crippen molar-refractivity contribution in [2.75, 3.05) is 6.54 Å². The Labute approximate surface area is 160 Å². The van der Waals surface area contributed by atoms with E-state index in [0.717, 1.165) is 37.2 Å². The summed E-state index contributed by atoms with van der Waals surface area (Å²) < 4.78 is 0. The first-order chi connectivity index (χ1) is 12.0. The van der Waals surface area contributed by atoms with Crippen LogP contribution in [0.4, 0.5) is 0 Å². The summed E-state index contributed by atoms with van der Waals surface area (Å²) >= 11 is 12.2. The van der Waals surface area contributed by atoms with Crippen LogP contribution in [0.15, 0.2) is 30.6 Å². The number of nitrogens with one attached hydrogen (secondary N) is 1. The summed E-state index contributed by atoms with van der Waals surface area (Å²) in [5.41, 5.74) is 8.91. The molecule has 2 rings (SSSR count). The predicted octanol–water partition coefficient (Wildman–Crippen LogP) is 4.35. The number of nitrogens with zero attached hydrogens (tertiary/aromatic N) is 2. The van der Waals surface area contributed by atoms with Crippen LogP contribution in [-0.4, -0.2) is 22.6 Å². The van der Waals surface area contributed by atoms with Gasteiger partial charge < -0.3 is 11.1 Å². The lowest BCUT2D eigenvalue weighted by molar-refractivity contribution is 0.458. The molecule has 0 aliphatic carbocycles. The lowest BCUT2D eigenvalue weighted by Crippen LogP contribution is -2.32. The molecule has 25 heavy (non-hydrogen) atoms. The van der Waals surface area contributed by atoms with Gasteiger partial charge in [0.25, 0.3) is 0 Å². The van der Waals surface area contributed by atoms with Crippen molar-refractivity contribution in [2.45, 2.75) is 51.6 Å². The van der Waals surface area contributed by atoms with E-state index < -0.39 is 0 Å². The lowest BCUT2D eigenvalue weighted by Gasteiger charge is -2.20. The molecule has 0 amide bonds. The molecule has 1 unspecified atom stereocenters. The van der Waals surface area contributed by atoms with Gasteiger partial charge in [-0.05, 0) is 43.0 Å². The number of halogens is 2. The fourth-order valence-corrected chi connectivity index (χ4v) is 3.29. The highest BCUT2D eigenvalue weighted by Crippen LogP contribution is 2.21. The zero-order valence-corrected chi connectivity index (χ0v) is 16.3. The molecule has 0 bridgehead atoms. The van der Waals surface area contributed by atoms with Crippen molar-refractivity contribution in [1.29, 1.82) is 0 Å². The zero-order valence-electron chi connectivity index (χ0n) is 14.8. The van der Waals surface area contributed by atoms with Gasteiger partial charge in [-0.2, -0.15) is 0 Å². The van der Waals surface area contributed by atoms with Crippen LogP contribution in [0.5, 0.6) is 0 Å². The molecule has 3 N–H and O–H groups in total. The first kappa shape index (κ1) is 20.1. The van der Waals surface area contributed by atoms with Gasteiger partial charge in [0, 0.05) is 31.4 Å². The molecule has 0 radical (unpaired) electrons. The van der Waals surface area contributed by atoms with E-state index in [2.05, 4.69) is 35.2 Å². The van der Waals surface area contributed by atoms with Gasteiger partial charge >= 0.3 is 0 Å². The third-order valence-corrected chi connectivity index (χ3v) is 4.72. The molecule has 0 spiro atoms. The number of nitrogens with two attached hydrogens (primary N) is 1. The highest BCUT2D eigenvalue weighted by molar-refractivity contribution is 6.34. The Morgan fingerprint density at radius 1 is 1.20 bits per heavy atom. The van der Waals surface area contributed by atoms with Gasteiger partial charge in [0.2, 0.25) is 0 Å². The average Bonchev–Trinajstić information content (AvgIpc) is 2.59. The maximum atomic E-state index is 6.28. The predicted molar refractivity (Wildman–Crippen MR) is 105 cm³/mol. The van der Waals surface area contributed by atoms with Crippen molar-refractivity contribution >= 4 is 23.2 Å². The van der Waals surface area contributed by atoms with E-state index in [1.807, 2.05) is 12.3 Å². The van der Waals surface area contributed by atoms with E-state index in [9.17, 15) is 0 Å². The van der Waals surface area contributed by atoms with Gasteiger partial charge in [-0.3, -0.25) is 9.97 Å². The third kappa shape index (κ3) is 6.23. The van der Waals surface area contributed by atoms with Crippen LogP contribution in [-0.2, 0) is 13.0 Å². The van der Waals surface area contributed by atoms with Crippen LogP contribution >= 0.6 is 23.2 Å². The van der Waals surface area contributed by atoms with Gasteiger partial charge in [-0.25, -0.2) is 0 Å². The summed E-state index contributed by atoms with van der Waals surface area (Å²) in [5.74, 6) is 0.445. The third-order valence-electron chi connectivity index (χ3n) is 4.19. The minimum Gasteiger partial charge on any atom is -0.330 e. The van der Waals surface area contributed by atoms with E-state index in [-0.39, 0.29) is 6.04 Å². The number of pyridine rings is 2. The van der Waals surface area contributed by atoms with Gasteiger partial charge in [0.1, 0.15) is 0 Å². The first-order valence-corrected chi connectivity index (χ1v) is 9.44. The van der Waals surface area contributed by atoms with Crippen LogP contribution in [0.2, 0.25) is 10.0 Å². The Balaban J connectivity index is 2.07. The zero-order chi connectivity index (χ0) is 18.2. The summed E-state index contributed by atoms with van der Waals surface area (Å²) in [5, 5.41) is 4.76. The molecule has 136 valence electrons. The molecular formula is C19H26Cl2N4. The normalized spacial score (nSPS) is 12.6. The second kappa shape index (κ2) is 10.1. The Hall–Kier alpha value is -1.20. The average molecular weight is 381 g/mol. The van der Waals surface area contributed by atoms with Gasteiger partial charge in [-0.15, -0.1) is 0 Å². The van der Waals surface area contributed by atoms with E-state index in [0.29, 0.717) is 22.5 Å². The van der Waals surface area contributed by atoms with Crippen LogP contribution in [0.25, 0.3) is 0 Å². The quantitative estimate of drug-likeness (QED) is 0.678.